The van der Waals surface area contributed by atoms with Gasteiger partial charge < -0.3 is 10.2 Å². The molecule has 5 rings (SSSR count). The van der Waals surface area contributed by atoms with Crippen molar-refractivity contribution in [3.63, 3.8) is 0 Å². The van der Waals surface area contributed by atoms with Crippen LogP contribution in [0.25, 0.3) is 16.9 Å². The number of fused-ring (bicyclic) bond motifs is 1. The number of likely N-dealkylation sites (tertiary alicyclic amines) is 1. The number of aromatic nitrogens is 3. The molecule has 8 heteroatoms. The summed E-state index contributed by atoms with van der Waals surface area (Å²) >= 11 is 0. The maximum Gasteiger partial charge on any atom is 0.272 e. The Bertz CT molecular complexity index is 1250. The number of aryl methyl sites for hydroxylation is 1. The molecule has 1 N–H and O–H groups in total. The first-order valence-corrected chi connectivity index (χ1v) is 12.3. The number of halogens is 1. The molecule has 1 saturated heterocycles. The second-order valence-corrected chi connectivity index (χ2v) is 9.44. The molecule has 178 valence electrons. The van der Waals surface area contributed by atoms with Gasteiger partial charge in [-0.15, -0.1) is 0 Å². The minimum Gasteiger partial charge on any atom is -0.335 e. The first-order valence-electron chi connectivity index (χ1n) is 12.3. The molecule has 3 aromatic rings. The molecule has 0 bridgehead atoms. The van der Waals surface area contributed by atoms with Crippen molar-refractivity contribution in [2.75, 3.05) is 11.9 Å². The number of nitrogens with one attached hydrogen (secondary N) is 1. The molecular formula is C26H30FN5O2. The fourth-order valence-electron chi connectivity index (χ4n) is 4.64. The largest absolute Gasteiger partial charge is 0.335 e. The van der Waals surface area contributed by atoms with Crippen LogP contribution >= 0.6 is 0 Å². The van der Waals surface area contributed by atoms with Gasteiger partial charge in [0.2, 0.25) is 5.91 Å². The number of rotatable bonds is 5. The molecule has 0 spiro atoms. The highest BCUT2D eigenvalue weighted by atomic mass is 19.1. The van der Waals surface area contributed by atoms with Gasteiger partial charge in [-0.3, -0.25) is 9.59 Å². The van der Waals surface area contributed by atoms with E-state index in [4.69, 9.17) is 0 Å². The average molecular weight is 464 g/mol. The normalized spacial score (nSPS) is 18.7. The number of benzene rings is 1. The second-order valence-electron chi connectivity index (χ2n) is 9.44. The lowest BCUT2D eigenvalue weighted by Crippen LogP contribution is -2.38. The molecule has 1 saturated carbocycles. The van der Waals surface area contributed by atoms with Crippen molar-refractivity contribution in [1.29, 1.82) is 0 Å². The summed E-state index contributed by atoms with van der Waals surface area (Å²) in [7, 11) is 0. The number of amides is 2. The maximum atomic E-state index is 14.8. The minimum absolute atomic E-state index is 0.0339. The fourth-order valence-corrected chi connectivity index (χ4v) is 4.64. The van der Waals surface area contributed by atoms with Gasteiger partial charge in [-0.05, 0) is 63.3 Å². The second kappa shape index (κ2) is 9.16. The third kappa shape index (κ3) is 4.41. The van der Waals surface area contributed by atoms with Crippen molar-refractivity contribution < 1.29 is 14.0 Å². The number of carbonyl (C=O) groups is 2. The first-order chi connectivity index (χ1) is 16.4. The maximum absolute atomic E-state index is 14.8. The van der Waals surface area contributed by atoms with Gasteiger partial charge in [-0.2, -0.15) is 5.10 Å². The fraction of sp³-hybridized carbons (Fsp3) is 0.462. The summed E-state index contributed by atoms with van der Waals surface area (Å²) in [6.45, 7) is 4.83. The van der Waals surface area contributed by atoms with E-state index in [-0.39, 0.29) is 29.3 Å². The highest BCUT2D eigenvalue weighted by molar-refractivity contribution is 5.95. The third-order valence-electron chi connectivity index (χ3n) is 6.85. The van der Waals surface area contributed by atoms with Crippen LogP contribution in [0.5, 0.6) is 0 Å². The highest BCUT2D eigenvalue weighted by Crippen LogP contribution is 2.32. The molecule has 3 heterocycles. The zero-order valence-corrected chi connectivity index (χ0v) is 19.7. The topological polar surface area (TPSA) is 79.6 Å². The molecule has 7 nitrogen and oxygen atoms in total. The summed E-state index contributed by atoms with van der Waals surface area (Å²) in [5.74, 6) is -0.470. The Morgan fingerprint density at radius 2 is 1.94 bits per heavy atom. The van der Waals surface area contributed by atoms with E-state index in [9.17, 15) is 14.0 Å². The summed E-state index contributed by atoms with van der Waals surface area (Å²) in [5.41, 5.74) is 2.98. The van der Waals surface area contributed by atoms with E-state index in [0.29, 0.717) is 29.1 Å². The van der Waals surface area contributed by atoms with Crippen molar-refractivity contribution in [3.05, 3.63) is 47.5 Å². The van der Waals surface area contributed by atoms with Crippen LogP contribution in [-0.4, -0.2) is 43.9 Å². The summed E-state index contributed by atoms with van der Waals surface area (Å²) in [5, 5.41) is 7.46. The van der Waals surface area contributed by atoms with Gasteiger partial charge in [0.05, 0.1) is 5.69 Å². The van der Waals surface area contributed by atoms with Gasteiger partial charge in [0.1, 0.15) is 11.5 Å². The Hall–Kier alpha value is -3.29. The van der Waals surface area contributed by atoms with Crippen LogP contribution in [0.15, 0.2) is 30.3 Å². The van der Waals surface area contributed by atoms with Gasteiger partial charge in [-0.25, -0.2) is 13.9 Å². The summed E-state index contributed by atoms with van der Waals surface area (Å²) in [6, 6.07) is 8.18. The minimum atomic E-state index is -0.430. The quantitative estimate of drug-likeness (QED) is 0.587. The van der Waals surface area contributed by atoms with Gasteiger partial charge in [-0.1, -0.05) is 19.8 Å². The molecule has 1 aliphatic carbocycles. The van der Waals surface area contributed by atoms with E-state index < -0.39 is 5.82 Å². The molecule has 0 radical (unpaired) electrons. The summed E-state index contributed by atoms with van der Waals surface area (Å²) < 4.78 is 16.4. The van der Waals surface area contributed by atoms with E-state index in [0.717, 1.165) is 50.8 Å². The molecule has 1 unspecified atom stereocenters. The van der Waals surface area contributed by atoms with Crippen LogP contribution in [-0.2, 0) is 11.2 Å². The van der Waals surface area contributed by atoms with E-state index in [2.05, 4.69) is 22.3 Å². The van der Waals surface area contributed by atoms with Crippen molar-refractivity contribution >= 4 is 23.1 Å². The van der Waals surface area contributed by atoms with Crippen LogP contribution in [0, 0.1) is 11.7 Å². The lowest BCUT2D eigenvalue weighted by molar-refractivity contribution is -0.117. The number of carbonyl (C=O) groups excluding carboxylic acids is 2. The van der Waals surface area contributed by atoms with Gasteiger partial charge in [0.25, 0.3) is 5.91 Å². The van der Waals surface area contributed by atoms with E-state index >= 15 is 0 Å². The number of nitrogens with zero attached hydrogens (tertiary/aromatic N) is 4. The molecule has 2 fully saturated rings. The SMILES string of the molecule is CCc1cc(C(=O)N2CCCCCC2C)nc2cc(-c3cc(NC(=O)C4CC4)ccc3F)nn12. The van der Waals surface area contributed by atoms with Crippen molar-refractivity contribution in [2.45, 2.75) is 64.8 Å². The zero-order chi connectivity index (χ0) is 23.8. The molecule has 34 heavy (non-hydrogen) atoms. The molecule has 1 aromatic carbocycles. The standard InChI is InChI=1S/C26H30FN5O2/c1-3-19-14-23(26(34)31-12-6-4-5-7-16(31)2)29-24-15-22(30-32(19)24)20-13-18(10-11-21(20)27)28-25(33)17-8-9-17/h10-11,13-17H,3-9,12H2,1-2H3,(H,28,33). The number of anilines is 1. The van der Waals surface area contributed by atoms with Crippen molar-refractivity contribution in [2.24, 2.45) is 5.92 Å². The van der Waals surface area contributed by atoms with Crippen LogP contribution in [0.4, 0.5) is 10.1 Å². The predicted octanol–water partition coefficient (Wildman–Crippen LogP) is 4.85. The van der Waals surface area contributed by atoms with Crippen molar-refractivity contribution in [3.8, 4) is 11.3 Å². The molecule has 1 aliphatic heterocycles. The smallest absolute Gasteiger partial charge is 0.272 e. The average Bonchev–Trinajstić information content (AvgIpc) is 3.63. The molecule has 1 atom stereocenters. The van der Waals surface area contributed by atoms with Crippen LogP contribution < -0.4 is 5.32 Å². The van der Waals surface area contributed by atoms with Gasteiger partial charge in [0, 0.05) is 41.5 Å². The van der Waals surface area contributed by atoms with E-state index in [1.54, 1.807) is 28.8 Å². The molecule has 2 aromatic heterocycles. The van der Waals surface area contributed by atoms with Gasteiger partial charge in [0.15, 0.2) is 5.65 Å². The van der Waals surface area contributed by atoms with Gasteiger partial charge >= 0.3 is 0 Å². The Morgan fingerprint density at radius 3 is 2.71 bits per heavy atom. The lowest BCUT2D eigenvalue weighted by atomic mass is 10.1. The molecule has 2 aliphatic rings. The Kier molecular flexibility index (Phi) is 6.06. The Labute approximate surface area is 198 Å². The summed E-state index contributed by atoms with van der Waals surface area (Å²) in [4.78, 5) is 32.0. The molecular weight excluding hydrogens is 433 g/mol. The van der Waals surface area contributed by atoms with E-state index in [1.807, 2.05) is 11.8 Å². The van der Waals surface area contributed by atoms with Crippen LogP contribution in [0.3, 0.4) is 0 Å². The third-order valence-corrected chi connectivity index (χ3v) is 6.85. The lowest BCUT2D eigenvalue weighted by Gasteiger charge is -2.27. The Balaban J connectivity index is 1.50. The number of hydrogen-bond donors (Lipinski definition) is 1. The van der Waals surface area contributed by atoms with Crippen LogP contribution in [0.1, 0.15) is 68.6 Å². The zero-order valence-electron chi connectivity index (χ0n) is 19.7. The van der Waals surface area contributed by atoms with Crippen molar-refractivity contribution in [1.82, 2.24) is 19.5 Å². The predicted molar refractivity (Wildman–Crippen MR) is 128 cm³/mol. The summed E-state index contributed by atoms with van der Waals surface area (Å²) in [6.07, 6.45) is 6.72. The monoisotopic (exact) mass is 463 g/mol. The van der Waals surface area contributed by atoms with E-state index in [1.165, 1.54) is 6.07 Å². The molecule has 2 amide bonds. The first kappa shape index (κ1) is 22.5. The number of hydrogen-bond acceptors (Lipinski definition) is 4. The Morgan fingerprint density at radius 1 is 1.12 bits per heavy atom. The van der Waals surface area contributed by atoms with Crippen LogP contribution in [0.2, 0.25) is 0 Å². The highest BCUT2D eigenvalue weighted by Gasteiger charge is 2.30.